The molecule has 0 saturated heterocycles. The molecular weight excluding hydrogens is 388 g/mol. The van der Waals surface area contributed by atoms with Crippen molar-refractivity contribution in [2.24, 2.45) is 5.41 Å². The van der Waals surface area contributed by atoms with E-state index in [-0.39, 0.29) is 28.3 Å². The van der Waals surface area contributed by atoms with Gasteiger partial charge in [-0.15, -0.1) is 0 Å². The van der Waals surface area contributed by atoms with Crippen LogP contribution in [0.25, 0.3) is 0 Å². The third-order valence-electron chi connectivity index (χ3n) is 6.14. The molecular formula is C24H28N6O. The second-order valence-electron chi connectivity index (χ2n) is 9.44. The second-order valence-corrected chi connectivity index (χ2v) is 9.44. The van der Waals surface area contributed by atoms with E-state index in [9.17, 15) is 10.1 Å². The van der Waals surface area contributed by atoms with Gasteiger partial charge in [-0.05, 0) is 24.3 Å². The average molecular weight is 417 g/mol. The Bertz CT molecular complexity index is 1150. The number of hydrogen-bond acceptors (Lipinski definition) is 7. The number of nitrogens with zero attached hydrogens (tertiary/aromatic N) is 4. The average Bonchev–Trinajstić information content (AvgIpc) is 2.66. The number of hydrazine groups is 1. The van der Waals surface area contributed by atoms with Crippen LogP contribution in [0, 0.1) is 23.7 Å². The molecule has 1 atom stereocenters. The number of ketones is 1. The minimum absolute atomic E-state index is 0.0960. The topological polar surface area (TPSA) is 112 Å². The predicted octanol–water partition coefficient (Wildman–Crippen LogP) is 3.50. The number of allylic oxidation sites excluding steroid dienone is 2. The number of rotatable bonds is 2. The van der Waals surface area contributed by atoms with Crippen molar-refractivity contribution < 1.29 is 4.79 Å². The highest BCUT2D eigenvalue weighted by Gasteiger charge is 2.46. The Kier molecular flexibility index (Phi) is 4.78. The van der Waals surface area contributed by atoms with Gasteiger partial charge in [0.05, 0.1) is 5.69 Å². The van der Waals surface area contributed by atoms with E-state index >= 15 is 0 Å². The van der Waals surface area contributed by atoms with E-state index in [2.05, 4.69) is 24.9 Å². The Morgan fingerprint density at radius 1 is 1.19 bits per heavy atom. The van der Waals surface area contributed by atoms with E-state index < -0.39 is 5.92 Å². The molecule has 0 spiro atoms. The summed E-state index contributed by atoms with van der Waals surface area (Å²) in [5.74, 6) is 0.377. The molecule has 0 bridgehead atoms. The van der Waals surface area contributed by atoms with Crippen LogP contribution < -0.4 is 16.5 Å². The van der Waals surface area contributed by atoms with Gasteiger partial charge in [-0.1, -0.05) is 43.7 Å². The van der Waals surface area contributed by atoms with E-state index in [0.29, 0.717) is 17.8 Å². The zero-order chi connectivity index (χ0) is 22.7. The molecule has 0 radical (unpaired) electrons. The number of nitrogen functional groups attached to an aromatic ring is 2. The molecule has 160 valence electrons. The lowest BCUT2D eigenvalue weighted by molar-refractivity contribution is -0.118. The summed E-state index contributed by atoms with van der Waals surface area (Å²) in [6, 6.07) is 10.2. The van der Waals surface area contributed by atoms with Gasteiger partial charge in [-0.25, -0.2) is 9.99 Å². The van der Waals surface area contributed by atoms with Crippen LogP contribution in [0.3, 0.4) is 0 Å². The number of nitriles is 1. The summed E-state index contributed by atoms with van der Waals surface area (Å²) in [6.07, 6.45) is 1.17. The number of aryl methyl sites for hydroxylation is 1. The Morgan fingerprint density at radius 3 is 2.42 bits per heavy atom. The zero-order valence-electron chi connectivity index (χ0n) is 18.7. The molecule has 2 aromatic rings. The quantitative estimate of drug-likeness (QED) is 0.770. The molecule has 7 nitrogen and oxygen atoms in total. The lowest BCUT2D eigenvalue weighted by atomic mass is 9.68. The normalized spacial score (nSPS) is 19.8. The number of anilines is 3. The SMILES string of the molecule is Cc1ccc(C2C3=C(CC(C)(C)CC3=O)N(N(C)C)c3nc(N)c(C#N)c(N)c32)cc1. The summed E-state index contributed by atoms with van der Waals surface area (Å²) in [4.78, 5) is 18.2. The summed E-state index contributed by atoms with van der Waals surface area (Å²) in [6.45, 7) is 6.23. The Balaban J connectivity index is 2.12. The van der Waals surface area contributed by atoms with Crippen LogP contribution in [0.2, 0.25) is 0 Å². The number of fused-ring (bicyclic) bond motifs is 1. The fraction of sp³-hybridized carbons (Fsp3) is 0.375. The first-order chi connectivity index (χ1) is 14.6. The lowest BCUT2D eigenvalue weighted by Crippen LogP contribution is -2.46. The maximum absolute atomic E-state index is 13.6. The Morgan fingerprint density at radius 2 is 1.84 bits per heavy atom. The van der Waals surface area contributed by atoms with Gasteiger partial charge in [0.2, 0.25) is 0 Å². The molecule has 4 rings (SSSR count). The van der Waals surface area contributed by atoms with E-state index in [0.717, 1.165) is 28.8 Å². The molecule has 0 fully saturated rings. The Labute approximate surface area is 182 Å². The van der Waals surface area contributed by atoms with Crippen molar-refractivity contribution in [3.63, 3.8) is 0 Å². The number of carbonyl (C=O) groups is 1. The maximum Gasteiger partial charge on any atom is 0.162 e. The molecule has 31 heavy (non-hydrogen) atoms. The summed E-state index contributed by atoms with van der Waals surface area (Å²) in [5, 5.41) is 13.5. The number of benzene rings is 1. The smallest absolute Gasteiger partial charge is 0.162 e. The molecule has 1 aliphatic carbocycles. The van der Waals surface area contributed by atoms with Gasteiger partial charge in [0.15, 0.2) is 11.6 Å². The molecule has 0 amide bonds. The Hall–Kier alpha value is -3.37. The largest absolute Gasteiger partial charge is 0.397 e. The van der Waals surface area contributed by atoms with E-state index in [1.54, 1.807) is 0 Å². The van der Waals surface area contributed by atoms with Crippen LogP contribution in [-0.4, -0.2) is 29.9 Å². The van der Waals surface area contributed by atoms with E-state index in [4.69, 9.17) is 11.5 Å². The van der Waals surface area contributed by atoms with Crippen molar-refractivity contribution in [1.82, 2.24) is 9.99 Å². The fourth-order valence-electron chi connectivity index (χ4n) is 4.80. The molecule has 7 heteroatoms. The number of carbonyl (C=O) groups excluding carboxylic acids is 1. The zero-order valence-corrected chi connectivity index (χ0v) is 18.7. The van der Waals surface area contributed by atoms with Gasteiger partial charge in [0.25, 0.3) is 0 Å². The van der Waals surface area contributed by atoms with Gasteiger partial charge in [0.1, 0.15) is 17.5 Å². The van der Waals surface area contributed by atoms with Crippen LogP contribution in [0.5, 0.6) is 0 Å². The van der Waals surface area contributed by atoms with Crippen molar-refractivity contribution in [2.75, 3.05) is 30.6 Å². The van der Waals surface area contributed by atoms with Crippen molar-refractivity contribution in [2.45, 2.75) is 39.5 Å². The first kappa shape index (κ1) is 20.9. The van der Waals surface area contributed by atoms with Crippen LogP contribution in [0.4, 0.5) is 17.3 Å². The number of Topliss-reactive ketones (excluding diaryl/α,β-unsaturated/α-hetero) is 1. The molecule has 1 aromatic heterocycles. The molecule has 2 heterocycles. The van der Waals surface area contributed by atoms with Gasteiger partial charge in [0, 0.05) is 43.3 Å². The van der Waals surface area contributed by atoms with Crippen molar-refractivity contribution in [1.29, 1.82) is 5.26 Å². The van der Waals surface area contributed by atoms with Crippen molar-refractivity contribution in [3.8, 4) is 6.07 Å². The summed E-state index contributed by atoms with van der Waals surface area (Å²) in [7, 11) is 3.80. The maximum atomic E-state index is 13.6. The first-order valence-corrected chi connectivity index (χ1v) is 10.3. The highest BCUT2D eigenvalue weighted by atomic mass is 16.1. The molecule has 1 aromatic carbocycles. The third-order valence-corrected chi connectivity index (χ3v) is 6.14. The number of hydrogen-bond donors (Lipinski definition) is 2. The van der Waals surface area contributed by atoms with Crippen LogP contribution in [0.15, 0.2) is 35.5 Å². The van der Waals surface area contributed by atoms with E-state index in [1.807, 2.05) is 55.3 Å². The summed E-state index contributed by atoms with van der Waals surface area (Å²) >= 11 is 0. The fourth-order valence-corrected chi connectivity index (χ4v) is 4.80. The molecule has 2 aliphatic rings. The van der Waals surface area contributed by atoms with Gasteiger partial charge in [-0.3, -0.25) is 9.80 Å². The van der Waals surface area contributed by atoms with Gasteiger partial charge in [-0.2, -0.15) is 5.26 Å². The van der Waals surface area contributed by atoms with Crippen LogP contribution in [-0.2, 0) is 4.79 Å². The summed E-state index contributed by atoms with van der Waals surface area (Å²) < 4.78 is 0. The van der Waals surface area contributed by atoms with Crippen LogP contribution in [0.1, 0.15) is 54.9 Å². The summed E-state index contributed by atoms with van der Waals surface area (Å²) in [5.41, 5.74) is 17.3. The monoisotopic (exact) mass is 416 g/mol. The predicted molar refractivity (Wildman–Crippen MR) is 122 cm³/mol. The molecule has 1 aliphatic heterocycles. The molecule has 1 unspecified atom stereocenters. The number of pyridine rings is 1. The first-order valence-electron chi connectivity index (χ1n) is 10.3. The van der Waals surface area contributed by atoms with Gasteiger partial charge >= 0.3 is 0 Å². The highest BCUT2D eigenvalue weighted by Crippen LogP contribution is 2.53. The standard InChI is InChI=1S/C24H28N6O/c1-13-6-8-14(9-7-13)18-19-16(10-24(2,3)11-17(19)31)30(29(4)5)23-20(18)21(26)15(12-25)22(27)28-23/h6-9,18H,10-11H2,1-5H3,(H4,26,27,28). The second kappa shape index (κ2) is 7.10. The van der Waals surface area contributed by atoms with Crippen molar-refractivity contribution >= 4 is 23.1 Å². The lowest BCUT2D eigenvalue weighted by Gasteiger charge is -2.46. The van der Waals surface area contributed by atoms with Crippen LogP contribution >= 0.6 is 0 Å². The number of aromatic nitrogens is 1. The van der Waals surface area contributed by atoms with Crippen molar-refractivity contribution in [3.05, 3.63) is 57.8 Å². The van der Waals surface area contributed by atoms with Gasteiger partial charge < -0.3 is 11.5 Å². The molecule has 0 saturated carbocycles. The molecule has 4 N–H and O–H groups in total. The number of nitrogens with two attached hydrogens (primary N) is 2. The van der Waals surface area contributed by atoms with E-state index in [1.165, 1.54) is 0 Å². The minimum Gasteiger partial charge on any atom is -0.397 e. The minimum atomic E-state index is -0.398. The third kappa shape index (κ3) is 3.24. The highest BCUT2D eigenvalue weighted by molar-refractivity contribution is 6.02.